The fourth-order valence-corrected chi connectivity index (χ4v) is 4.43. The number of aromatic amines is 1. The minimum atomic E-state index is -0.813. The van der Waals surface area contributed by atoms with E-state index in [4.69, 9.17) is 16.3 Å². The van der Waals surface area contributed by atoms with Gasteiger partial charge in [-0.05, 0) is 29.3 Å². The molecule has 2 atom stereocenters. The maximum Gasteiger partial charge on any atom is 0.328 e. The van der Waals surface area contributed by atoms with Crippen molar-refractivity contribution in [1.29, 1.82) is 0 Å². The number of methoxy groups -OCH3 is 1. The van der Waals surface area contributed by atoms with Gasteiger partial charge in [0.1, 0.15) is 11.9 Å². The van der Waals surface area contributed by atoms with E-state index in [1.807, 2.05) is 24.3 Å². The number of carbonyl (C=O) groups excluding carboxylic acids is 3. The first kappa shape index (κ1) is 20.9. The molecule has 0 unspecified atom stereocenters. The summed E-state index contributed by atoms with van der Waals surface area (Å²) in [6, 6.07) is 13.4. The van der Waals surface area contributed by atoms with Crippen molar-refractivity contribution in [2.24, 2.45) is 0 Å². The van der Waals surface area contributed by atoms with Crippen LogP contribution in [0.1, 0.15) is 33.2 Å². The highest BCUT2D eigenvalue weighted by Crippen LogP contribution is 2.41. The Labute approximate surface area is 184 Å². The fraction of sp³-hybridized carbons (Fsp3) is 0.261. The molecule has 0 bridgehead atoms. The quantitative estimate of drug-likeness (QED) is 0.483. The second kappa shape index (κ2) is 8.43. The number of nitrogens with zero attached hydrogens (tertiary/aromatic N) is 1. The lowest BCUT2D eigenvalue weighted by atomic mass is 9.87. The maximum atomic E-state index is 12.9. The molecule has 31 heavy (non-hydrogen) atoms. The van der Waals surface area contributed by atoms with E-state index in [1.54, 1.807) is 31.3 Å². The Balaban J connectivity index is 1.92. The molecule has 2 heterocycles. The summed E-state index contributed by atoms with van der Waals surface area (Å²) >= 11 is 5.94. The highest BCUT2D eigenvalue weighted by Gasteiger charge is 2.43. The van der Waals surface area contributed by atoms with E-state index in [-0.39, 0.29) is 17.7 Å². The largest absolute Gasteiger partial charge is 0.467 e. The summed E-state index contributed by atoms with van der Waals surface area (Å²) in [7, 11) is 2.87. The molecule has 0 aliphatic carbocycles. The smallest absolute Gasteiger partial charge is 0.328 e. The van der Waals surface area contributed by atoms with Crippen molar-refractivity contribution in [3.8, 4) is 0 Å². The number of esters is 1. The second-order valence-corrected chi connectivity index (χ2v) is 7.61. The number of ether oxygens (including phenoxy) is 1. The van der Waals surface area contributed by atoms with Crippen molar-refractivity contribution in [2.75, 3.05) is 20.0 Å². The number of nitrogens with one attached hydrogen (secondary N) is 2. The lowest BCUT2D eigenvalue weighted by molar-refractivity contribution is -0.154. The third-order valence-electron chi connectivity index (χ3n) is 5.72. The fourth-order valence-electron chi connectivity index (χ4n) is 4.29. The van der Waals surface area contributed by atoms with Crippen LogP contribution in [0.4, 0.5) is 0 Å². The van der Waals surface area contributed by atoms with Crippen LogP contribution in [0.25, 0.3) is 10.9 Å². The topological polar surface area (TPSA) is 91.5 Å². The molecule has 0 fully saturated rings. The Morgan fingerprint density at radius 1 is 1.16 bits per heavy atom. The van der Waals surface area contributed by atoms with E-state index in [9.17, 15) is 14.4 Å². The molecule has 2 N–H and O–H groups in total. The molecule has 0 saturated carbocycles. The number of amides is 2. The van der Waals surface area contributed by atoms with Gasteiger partial charge in [0.15, 0.2) is 0 Å². The van der Waals surface area contributed by atoms with Gasteiger partial charge in [-0.25, -0.2) is 4.79 Å². The van der Waals surface area contributed by atoms with Gasteiger partial charge in [-0.1, -0.05) is 30.3 Å². The molecule has 4 rings (SSSR count). The van der Waals surface area contributed by atoms with Crippen LogP contribution in [0.2, 0.25) is 0 Å². The van der Waals surface area contributed by atoms with Crippen LogP contribution in [0.15, 0.2) is 48.5 Å². The highest BCUT2D eigenvalue weighted by molar-refractivity contribution is 6.27. The van der Waals surface area contributed by atoms with Gasteiger partial charge in [0.2, 0.25) is 5.91 Å². The van der Waals surface area contributed by atoms with Gasteiger partial charge < -0.3 is 19.9 Å². The molecule has 2 amide bonds. The van der Waals surface area contributed by atoms with Crippen molar-refractivity contribution >= 4 is 40.3 Å². The number of hydrogen-bond acceptors (Lipinski definition) is 4. The van der Waals surface area contributed by atoms with Gasteiger partial charge in [0, 0.05) is 35.6 Å². The molecule has 7 nitrogen and oxygen atoms in total. The van der Waals surface area contributed by atoms with Gasteiger partial charge in [-0.15, -0.1) is 11.6 Å². The summed E-state index contributed by atoms with van der Waals surface area (Å²) in [5, 5.41) is 3.59. The minimum Gasteiger partial charge on any atom is -0.467 e. The Bertz CT molecular complexity index is 1160. The third kappa shape index (κ3) is 3.55. The third-order valence-corrected chi connectivity index (χ3v) is 5.95. The van der Waals surface area contributed by atoms with Crippen molar-refractivity contribution < 1.29 is 19.1 Å². The van der Waals surface area contributed by atoms with Gasteiger partial charge in [-0.3, -0.25) is 9.59 Å². The van der Waals surface area contributed by atoms with Crippen molar-refractivity contribution in [2.45, 2.75) is 18.5 Å². The van der Waals surface area contributed by atoms with E-state index in [1.165, 1.54) is 12.0 Å². The number of fused-ring (bicyclic) bond motifs is 3. The van der Waals surface area contributed by atoms with Crippen molar-refractivity contribution in [3.05, 3.63) is 70.9 Å². The Kier molecular flexibility index (Phi) is 5.69. The molecule has 1 aromatic heterocycles. The molecular weight excluding hydrogens is 418 g/mol. The zero-order chi connectivity index (χ0) is 22.1. The zero-order valence-electron chi connectivity index (χ0n) is 17.1. The zero-order valence-corrected chi connectivity index (χ0v) is 17.9. The average molecular weight is 440 g/mol. The molecule has 0 radical (unpaired) electrons. The van der Waals surface area contributed by atoms with E-state index in [0.29, 0.717) is 12.0 Å². The second-order valence-electron chi connectivity index (χ2n) is 7.34. The molecule has 0 spiro atoms. The summed E-state index contributed by atoms with van der Waals surface area (Å²) in [6.45, 7) is 0. The number of carbonyl (C=O) groups is 3. The van der Waals surface area contributed by atoms with Crippen LogP contribution in [0.5, 0.6) is 0 Å². The normalized spacial score (nSPS) is 17.8. The molecule has 1 aliphatic rings. The van der Waals surface area contributed by atoms with Crippen LogP contribution in [0, 0.1) is 0 Å². The lowest BCUT2D eigenvalue weighted by Gasteiger charge is -2.40. The summed E-state index contributed by atoms with van der Waals surface area (Å²) in [4.78, 5) is 42.5. The van der Waals surface area contributed by atoms with E-state index in [0.717, 1.165) is 27.7 Å². The van der Waals surface area contributed by atoms with Crippen LogP contribution >= 0.6 is 11.6 Å². The van der Waals surface area contributed by atoms with Gasteiger partial charge in [-0.2, -0.15) is 0 Å². The van der Waals surface area contributed by atoms with E-state index in [2.05, 4.69) is 10.3 Å². The number of alkyl halides is 1. The maximum absolute atomic E-state index is 12.9. The first-order valence-corrected chi connectivity index (χ1v) is 10.4. The predicted molar refractivity (Wildman–Crippen MR) is 117 cm³/mol. The number of para-hydroxylation sites is 1. The van der Waals surface area contributed by atoms with Crippen molar-refractivity contribution in [1.82, 2.24) is 15.2 Å². The van der Waals surface area contributed by atoms with Crippen LogP contribution in [0.3, 0.4) is 0 Å². The molecule has 8 heteroatoms. The monoisotopic (exact) mass is 439 g/mol. The number of hydrogen-bond donors (Lipinski definition) is 2. The summed E-state index contributed by atoms with van der Waals surface area (Å²) in [5.41, 5.74) is 3.96. The lowest BCUT2D eigenvalue weighted by Crippen LogP contribution is -2.52. The Morgan fingerprint density at radius 2 is 1.87 bits per heavy atom. The van der Waals surface area contributed by atoms with Crippen molar-refractivity contribution in [3.63, 3.8) is 0 Å². The number of rotatable bonds is 4. The number of aromatic nitrogens is 1. The Morgan fingerprint density at radius 3 is 2.52 bits per heavy atom. The van der Waals surface area contributed by atoms with Crippen LogP contribution in [-0.2, 0) is 20.7 Å². The van der Waals surface area contributed by atoms with Gasteiger partial charge in [0.25, 0.3) is 5.91 Å². The molecule has 0 saturated heterocycles. The molecule has 2 aromatic carbocycles. The minimum absolute atomic E-state index is 0.206. The molecule has 160 valence electrons. The van der Waals surface area contributed by atoms with Gasteiger partial charge in [0.05, 0.1) is 13.2 Å². The summed E-state index contributed by atoms with van der Waals surface area (Å²) in [5.74, 6) is -1.35. The van der Waals surface area contributed by atoms with E-state index < -0.39 is 18.1 Å². The molecular formula is C23H22ClN3O4. The van der Waals surface area contributed by atoms with Crippen LogP contribution < -0.4 is 5.32 Å². The predicted octanol–water partition coefficient (Wildman–Crippen LogP) is 2.78. The van der Waals surface area contributed by atoms with E-state index >= 15 is 0 Å². The SMILES string of the molecule is CNC(=O)c1ccc([C@H]2c3[nH]c4ccccc4c3C[C@H](C(=O)OC)N2C(=O)CCl)cc1. The molecule has 1 aliphatic heterocycles. The van der Waals surface area contributed by atoms with Crippen LogP contribution in [-0.4, -0.2) is 53.7 Å². The average Bonchev–Trinajstić information content (AvgIpc) is 3.19. The Hall–Kier alpha value is -3.32. The highest BCUT2D eigenvalue weighted by atomic mass is 35.5. The standard InChI is InChI=1S/C23H22ClN3O4/c1-25-22(29)14-9-7-13(8-10-14)21-20-16(15-5-3-4-6-17(15)26-20)11-18(23(30)31-2)27(21)19(28)12-24/h3-10,18,21,26H,11-12H2,1-2H3,(H,25,29)/t18-,21+/m1/s1. The molecule has 3 aromatic rings. The number of H-pyrrole nitrogens is 1. The summed E-state index contributed by atoms with van der Waals surface area (Å²) in [6.07, 6.45) is 0.321. The number of halogens is 1. The number of benzene rings is 2. The first-order valence-electron chi connectivity index (χ1n) is 9.86. The van der Waals surface area contributed by atoms with Gasteiger partial charge >= 0.3 is 5.97 Å². The summed E-state index contributed by atoms with van der Waals surface area (Å²) < 4.78 is 5.03. The first-order chi connectivity index (χ1) is 15.0.